The Balaban J connectivity index is 0.000000236. The quantitative estimate of drug-likeness (QED) is 0.862. The van der Waals surface area contributed by atoms with E-state index in [1.165, 1.54) is 30.4 Å². The molecule has 0 atom stereocenters. The Bertz CT molecular complexity index is 842. The highest BCUT2D eigenvalue weighted by Crippen LogP contribution is 2.28. The van der Waals surface area contributed by atoms with Crippen LogP contribution in [0.5, 0.6) is 11.5 Å². The summed E-state index contributed by atoms with van der Waals surface area (Å²) in [6.07, 6.45) is 4.91. The number of fused-ring (bicyclic) bond motifs is 1. The van der Waals surface area contributed by atoms with Crippen LogP contribution in [0.1, 0.15) is 29.5 Å². The lowest BCUT2D eigenvalue weighted by molar-refractivity contribution is -0.117. The number of carbonyl (C=O) groups is 2. The zero-order valence-electron chi connectivity index (χ0n) is 14.2. The Hall–Kier alpha value is -2.78. The van der Waals surface area contributed by atoms with Crippen molar-refractivity contribution in [2.45, 2.75) is 25.7 Å². The summed E-state index contributed by atoms with van der Waals surface area (Å²) in [5, 5.41) is 10.6. The van der Waals surface area contributed by atoms with E-state index in [1.807, 2.05) is 18.2 Å². The van der Waals surface area contributed by atoms with Crippen molar-refractivity contribution in [3.63, 3.8) is 0 Å². The van der Waals surface area contributed by atoms with Gasteiger partial charge in [-0.15, -0.1) is 0 Å². The van der Waals surface area contributed by atoms with Crippen molar-refractivity contribution in [2.24, 2.45) is 0 Å². The number of nitrogens with zero attached hydrogens (tertiary/aromatic N) is 1. The summed E-state index contributed by atoms with van der Waals surface area (Å²) in [4.78, 5) is 20.2. The fraction of sp³-hybridized carbons (Fsp3) is 0.250. The monoisotopic (exact) mass is 366 g/mol. The molecule has 2 aromatic carbocycles. The molecule has 2 aromatic rings. The minimum Gasteiger partial charge on any atom is -0.457 e. The molecule has 0 unspecified atom stereocenters. The van der Waals surface area contributed by atoms with Gasteiger partial charge in [-0.2, -0.15) is 5.26 Å². The molecule has 2 amide bonds. The van der Waals surface area contributed by atoms with Gasteiger partial charge in [0.1, 0.15) is 11.5 Å². The van der Waals surface area contributed by atoms with Crippen molar-refractivity contribution in [2.75, 3.05) is 5.75 Å². The van der Waals surface area contributed by atoms with Crippen LogP contribution < -0.4 is 10.1 Å². The van der Waals surface area contributed by atoms with Gasteiger partial charge in [0.05, 0.1) is 17.4 Å². The third-order valence-corrected chi connectivity index (χ3v) is 4.89. The Morgan fingerprint density at radius 3 is 2.23 bits per heavy atom. The topological polar surface area (TPSA) is 79.2 Å². The van der Waals surface area contributed by atoms with Crippen molar-refractivity contribution >= 4 is 22.9 Å². The van der Waals surface area contributed by atoms with Crippen LogP contribution in [-0.4, -0.2) is 16.9 Å². The predicted molar refractivity (Wildman–Crippen MR) is 100 cm³/mol. The number of nitriles is 1. The van der Waals surface area contributed by atoms with Crippen molar-refractivity contribution < 1.29 is 14.3 Å². The molecule has 4 rings (SSSR count). The molecule has 0 bridgehead atoms. The van der Waals surface area contributed by atoms with Crippen LogP contribution in [0.2, 0.25) is 0 Å². The van der Waals surface area contributed by atoms with E-state index >= 15 is 0 Å². The molecule has 0 saturated carbocycles. The lowest BCUT2D eigenvalue weighted by Crippen LogP contribution is -2.18. The average Bonchev–Trinajstić information content (AvgIpc) is 3.05. The highest BCUT2D eigenvalue weighted by Gasteiger charge is 2.16. The number of amides is 2. The number of aryl methyl sites for hydroxylation is 2. The van der Waals surface area contributed by atoms with E-state index in [9.17, 15) is 9.59 Å². The van der Waals surface area contributed by atoms with Gasteiger partial charge >= 0.3 is 0 Å². The molecular formula is C20H18N2O3S. The summed E-state index contributed by atoms with van der Waals surface area (Å²) in [6.45, 7) is 0. The number of thioether (sulfide) groups is 1. The van der Waals surface area contributed by atoms with E-state index in [1.54, 1.807) is 12.1 Å². The molecule has 1 N–H and O–H groups in total. The van der Waals surface area contributed by atoms with Gasteiger partial charge in [0.15, 0.2) is 0 Å². The third-order valence-electron chi connectivity index (χ3n) is 4.11. The Labute approximate surface area is 156 Å². The summed E-state index contributed by atoms with van der Waals surface area (Å²) < 4.78 is 5.83. The number of rotatable bonds is 2. The average molecular weight is 366 g/mol. The van der Waals surface area contributed by atoms with Gasteiger partial charge in [-0.05, 0) is 73.2 Å². The molecular weight excluding hydrogens is 348 g/mol. The second-order valence-electron chi connectivity index (χ2n) is 6.00. The van der Waals surface area contributed by atoms with Gasteiger partial charge in [0.25, 0.3) is 5.24 Å². The summed E-state index contributed by atoms with van der Waals surface area (Å²) in [6, 6.07) is 15.7. The zero-order valence-corrected chi connectivity index (χ0v) is 15.0. The Kier molecular flexibility index (Phi) is 5.92. The SMILES string of the molecule is N#Cc1ccc(Oc2ccc3c(c2)CCCC3)cc1.O=C1CSC(=O)N1. The van der Waals surface area contributed by atoms with Gasteiger partial charge in [0.2, 0.25) is 5.91 Å². The van der Waals surface area contributed by atoms with Gasteiger partial charge in [-0.25, -0.2) is 0 Å². The van der Waals surface area contributed by atoms with Crippen LogP contribution in [0.4, 0.5) is 4.79 Å². The maximum absolute atomic E-state index is 10.1. The molecule has 0 spiro atoms. The number of benzene rings is 2. The van der Waals surface area contributed by atoms with E-state index in [0.29, 0.717) is 11.3 Å². The molecule has 132 valence electrons. The highest BCUT2D eigenvalue weighted by molar-refractivity contribution is 8.14. The smallest absolute Gasteiger partial charge is 0.286 e. The molecule has 0 aromatic heterocycles. The second-order valence-corrected chi connectivity index (χ2v) is 6.95. The second kappa shape index (κ2) is 8.54. The van der Waals surface area contributed by atoms with Crippen molar-refractivity contribution in [3.8, 4) is 17.6 Å². The Morgan fingerprint density at radius 2 is 1.65 bits per heavy atom. The van der Waals surface area contributed by atoms with E-state index in [2.05, 4.69) is 23.5 Å². The van der Waals surface area contributed by atoms with Crippen LogP contribution in [0.15, 0.2) is 42.5 Å². The standard InChI is InChI=1S/C17H15NO.C3H3NO2S/c18-12-13-5-8-16(9-6-13)19-17-10-7-14-3-1-2-4-15(14)11-17;5-2-1-7-3(6)4-2/h5-11H,1-4H2;1H2,(H,4,5,6). The zero-order chi connectivity index (χ0) is 18.4. The molecule has 0 radical (unpaired) electrons. The van der Waals surface area contributed by atoms with E-state index in [4.69, 9.17) is 10.00 Å². The molecule has 6 heteroatoms. The summed E-state index contributed by atoms with van der Waals surface area (Å²) in [5.74, 6) is 1.76. The predicted octanol–water partition coefficient (Wildman–Crippen LogP) is 4.20. The number of ether oxygens (including phenoxy) is 1. The number of nitrogens with one attached hydrogen (secondary N) is 1. The van der Waals surface area contributed by atoms with E-state index in [-0.39, 0.29) is 11.1 Å². The fourth-order valence-electron chi connectivity index (χ4n) is 2.82. The van der Waals surface area contributed by atoms with Crippen molar-refractivity contribution in [1.82, 2.24) is 5.32 Å². The number of imide groups is 1. The molecule has 1 saturated heterocycles. The molecule has 1 fully saturated rings. The maximum Gasteiger partial charge on any atom is 0.286 e. The first-order valence-electron chi connectivity index (χ1n) is 8.40. The molecule has 5 nitrogen and oxygen atoms in total. The van der Waals surface area contributed by atoms with Gasteiger partial charge in [-0.3, -0.25) is 14.9 Å². The van der Waals surface area contributed by atoms with Gasteiger partial charge in [0, 0.05) is 0 Å². The summed E-state index contributed by atoms with van der Waals surface area (Å²) in [5.41, 5.74) is 3.52. The van der Waals surface area contributed by atoms with Crippen LogP contribution in [0.3, 0.4) is 0 Å². The molecule has 1 aliphatic carbocycles. The first kappa shape index (κ1) is 18.0. The summed E-state index contributed by atoms with van der Waals surface area (Å²) in [7, 11) is 0. The number of carbonyl (C=O) groups excluding carboxylic acids is 2. The minimum absolute atomic E-state index is 0.185. The largest absolute Gasteiger partial charge is 0.457 e. The molecule has 1 aliphatic heterocycles. The lowest BCUT2D eigenvalue weighted by atomic mass is 9.92. The van der Waals surface area contributed by atoms with E-state index < -0.39 is 0 Å². The fourth-order valence-corrected chi connectivity index (χ4v) is 3.34. The van der Waals surface area contributed by atoms with E-state index in [0.717, 1.165) is 29.7 Å². The van der Waals surface area contributed by atoms with Crippen molar-refractivity contribution in [3.05, 3.63) is 59.2 Å². The molecule has 1 heterocycles. The first-order valence-corrected chi connectivity index (χ1v) is 9.39. The normalized spacial score (nSPS) is 15.2. The highest BCUT2D eigenvalue weighted by atomic mass is 32.2. The van der Waals surface area contributed by atoms with Crippen LogP contribution in [-0.2, 0) is 17.6 Å². The minimum atomic E-state index is -0.231. The van der Waals surface area contributed by atoms with Gasteiger partial charge in [-0.1, -0.05) is 17.8 Å². The molecule has 26 heavy (non-hydrogen) atoms. The lowest BCUT2D eigenvalue weighted by Gasteiger charge is -2.16. The third kappa shape index (κ3) is 4.87. The number of hydrogen-bond donors (Lipinski definition) is 1. The van der Waals surface area contributed by atoms with Crippen molar-refractivity contribution in [1.29, 1.82) is 5.26 Å². The van der Waals surface area contributed by atoms with Crippen LogP contribution in [0, 0.1) is 11.3 Å². The number of hydrogen-bond acceptors (Lipinski definition) is 5. The van der Waals surface area contributed by atoms with Gasteiger partial charge < -0.3 is 4.74 Å². The summed E-state index contributed by atoms with van der Waals surface area (Å²) >= 11 is 1.01. The van der Waals surface area contributed by atoms with Crippen LogP contribution in [0.25, 0.3) is 0 Å². The Morgan fingerprint density at radius 1 is 0.962 bits per heavy atom. The first-order chi connectivity index (χ1) is 12.6. The molecule has 2 aliphatic rings. The maximum atomic E-state index is 10.1. The van der Waals surface area contributed by atoms with Crippen LogP contribution >= 0.6 is 11.8 Å².